The van der Waals surface area contributed by atoms with Crippen molar-refractivity contribution in [3.63, 3.8) is 0 Å². The third-order valence-corrected chi connectivity index (χ3v) is 4.22. The van der Waals surface area contributed by atoms with Crippen molar-refractivity contribution in [1.82, 2.24) is 0 Å². The van der Waals surface area contributed by atoms with E-state index in [1.165, 1.54) is 23.7 Å². The third-order valence-electron chi connectivity index (χ3n) is 2.18. The number of hydrogen-bond acceptors (Lipinski definition) is 6. The minimum atomic E-state index is -2.97. The molecule has 0 aliphatic carbocycles. The molecule has 6 nitrogen and oxygen atoms in total. The van der Waals surface area contributed by atoms with E-state index >= 15 is 0 Å². The zero-order valence-corrected chi connectivity index (χ0v) is 11.3. The molecule has 0 aliphatic heterocycles. The standard InChI is InChI=1S/C9H14N2O4S2/c1-10(5-3-7-17(2,14)15)9-8(11(12)13)4-6-16-9/h4,6H,3,5,7H2,1-2H3. The van der Waals surface area contributed by atoms with Crippen molar-refractivity contribution >= 4 is 31.9 Å². The Bertz CT molecular complexity index is 495. The van der Waals surface area contributed by atoms with Crippen LogP contribution >= 0.6 is 11.3 Å². The van der Waals surface area contributed by atoms with Gasteiger partial charge in [0.25, 0.3) is 0 Å². The molecular formula is C9H14N2O4S2. The molecule has 8 heteroatoms. The Morgan fingerprint density at radius 2 is 2.18 bits per heavy atom. The molecule has 1 heterocycles. The smallest absolute Gasteiger partial charge is 0.303 e. The normalized spacial score (nSPS) is 11.4. The maximum Gasteiger partial charge on any atom is 0.303 e. The van der Waals surface area contributed by atoms with Gasteiger partial charge in [0.15, 0.2) is 5.00 Å². The SMILES string of the molecule is CN(CCCS(C)(=O)=O)c1sccc1[N+](=O)[O-]. The number of hydrogen-bond donors (Lipinski definition) is 0. The molecule has 96 valence electrons. The van der Waals surface area contributed by atoms with Crippen LogP contribution in [0.4, 0.5) is 10.7 Å². The number of rotatable bonds is 6. The number of nitrogens with zero attached hydrogens (tertiary/aromatic N) is 2. The van der Waals surface area contributed by atoms with Crippen LogP contribution in [0.3, 0.4) is 0 Å². The Morgan fingerprint density at radius 1 is 1.53 bits per heavy atom. The molecule has 0 aromatic carbocycles. The summed E-state index contributed by atoms with van der Waals surface area (Å²) in [5.41, 5.74) is 0.0665. The van der Waals surface area contributed by atoms with Gasteiger partial charge in [-0.3, -0.25) is 10.1 Å². The molecule has 0 saturated heterocycles. The van der Waals surface area contributed by atoms with E-state index in [-0.39, 0.29) is 11.4 Å². The van der Waals surface area contributed by atoms with E-state index in [4.69, 9.17) is 0 Å². The maximum absolute atomic E-state index is 11.0. The molecule has 1 aromatic heterocycles. The van der Waals surface area contributed by atoms with Crippen LogP contribution in [0.25, 0.3) is 0 Å². The van der Waals surface area contributed by atoms with Crippen molar-refractivity contribution < 1.29 is 13.3 Å². The first-order chi connectivity index (χ1) is 7.81. The van der Waals surface area contributed by atoms with Gasteiger partial charge in [0.05, 0.1) is 10.7 Å². The zero-order chi connectivity index (χ0) is 13.1. The fourth-order valence-corrected chi connectivity index (χ4v) is 2.90. The Hall–Kier alpha value is -1.15. The average Bonchev–Trinajstić information content (AvgIpc) is 2.63. The zero-order valence-electron chi connectivity index (χ0n) is 9.62. The van der Waals surface area contributed by atoms with Gasteiger partial charge in [0.1, 0.15) is 9.84 Å². The Labute approximate surface area is 104 Å². The molecule has 0 amide bonds. The molecule has 17 heavy (non-hydrogen) atoms. The number of sulfone groups is 1. The summed E-state index contributed by atoms with van der Waals surface area (Å²) in [6.07, 6.45) is 1.64. The van der Waals surface area contributed by atoms with Crippen LogP contribution in [0.5, 0.6) is 0 Å². The highest BCUT2D eigenvalue weighted by atomic mass is 32.2. The highest BCUT2D eigenvalue weighted by Gasteiger charge is 2.18. The molecule has 0 unspecified atom stereocenters. The van der Waals surface area contributed by atoms with Gasteiger partial charge in [-0.05, 0) is 11.8 Å². The van der Waals surface area contributed by atoms with Gasteiger partial charge in [0, 0.05) is 25.9 Å². The molecule has 1 aromatic rings. The molecule has 0 aliphatic rings. The summed E-state index contributed by atoms with van der Waals surface area (Å²) in [5.74, 6) is 0.0938. The second-order valence-electron chi connectivity index (χ2n) is 3.77. The topological polar surface area (TPSA) is 80.5 Å². The van der Waals surface area contributed by atoms with Crippen LogP contribution in [0.15, 0.2) is 11.4 Å². The Balaban J connectivity index is 2.61. The van der Waals surface area contributed by atoms with Crippen molar-refractivity contribution in [3.8, 4) is 0 Å². The largest absolute Gasteiger partial charge is 0.361 e. The van der Waals surface area contributed by atoms with E-state index in [1.807, 2.05) is 0 Å². The number of anilines is 1. The lowest BCUT2D eigenvalue weighted by molar-refractivity contribution is -0.383. The van der Waals surface area contributed by atoms with E-state index in [1.54, 1.807) is 17.3 Å². The van der Waals surface area contributed by atoms with Gasteiger partial charge in [-0.2, -0.15) is 0 Å². The molecule has 0 bridgehead atoms. The molecule has 0 N–H and O–H groups in total. The molecule has 1 rings (SSSR count). The fourth-order valence-electron chi connectivity index (χ4n) is 1.38. The Kier molecular flexibility index (Phi) is 4.47. The second kappa shape index (κ2) is 5.46. The molecule has 0 atom stereocenters. The summed E-state index contributed by atoms with van der Waals surface area (Å²) in [4.78, 5) is 12.0. The first-order valence-corrected chi connectivity index (χ1v) is 7.86. The fraction of sp³-hybridized carbons (Fsp3) is 0.556. The highest BCUT2D eigenvalue weighted by molar-refractivity contribution is 7.90. The van der Waals surface area contributed by atoms with Crippen molar-refractivity contribution in [2.75, 3.05) is 30.5 Å². The quantitative estimate of drug-likeness (QED) is 0.582. The lowest BCUT2D eigenvalue weighted by Gasteiger charge is -2.15. The monoisotopic (exact) mass is 278 g/mol. The molecule has 0 fully saturated rings. The van der Waals surface area contributed by atoms with E-state index in [0.29, 0.717) is 18.0 Å². The lowest BCUT2D eigenvalue weighted by Crippen LogP contribution is -2.20. The lowest BCUT2D eigenvalue weighted by atomic mass is 10.4. The third kappa shape index (κ3) is 4.31. The molecule has 0 radical (unpaired) electrons. The predicted molar refractivity (Wildman–Crippen MR) is 68.6 cm³/mol. The Morgan fingerprint density at radius 3 is 2.71 bits per heavy atom. The van der Waals surface area contributed by atoms with E-state index in [2.05, 4.69) is 0 Å². The average molecular weight is 278 g/mol. The van der Waals surface area contributed by atoms with Crippen LogP contribution < -0.4 is 4.90 Å². The number of nitro groups is 1. The summed E-state index contributed by atoms with van der Waals surface area (Å²) < 4.78 is 21.9. The van der Waals surface area contributed by atoms with Crippen LogP contribution in [0, 0.1) is 10.1 Å². The van der Waals surface area contributed by atoms with Crippen LogP contribution in [-0.4, -0.2) is 38.9 Å². The summed E-state index contributed by atoms with van der Waals surface area (Å²) in [7, 11) is -1.25. The maximum atomic E-state index is 11.0. The minimum Gasteiger partial charge on any atom is -0.361 e. The van der Waals surface area contributed by atoms with Crippen LogP contribution in [0.2, 0.25) is 0 Å². The molecule has 0 saturated carbocycles. The summed E-state index contributed by atoms with van der Waals surface area (Å²) >= 11 is 1.28. The van der Waals surface area contributed by atoms with E-state index < -0.39 is 14.8 Å². The van der Waals surface area contributed by atoms with Crippen LogP contribution in [0.1, 0.15) is 6.42 Å². The summed E-state index contributed by atoms with van der Waals surface area (Å²) in [6.45, 7) is 0.481. The van der Waals surface area contributed by atoms with Crippen molar-refractivity contribution in [1.29, 1.82) is 0 Å². The van der Waals surface area contributed by atoms with Crippen molar-refractivity contribution in [2.45, 2.75) is 6.42 Å². The first-order valence-electron chi connectivity index (χ1n) is 4.92. The van der Waals surface area contributed by atoms with Gasteiger partial charge in [-0.1, -0.05) is 0 Å². The van der Waals surface area contributed by atoms with Crippen molar-refractivity contribution in [2.24, 2.45) is 0 Å². The predicted octanol–water partition coefficient (Wildman–Crippen LogP) is 1.53. The van der Waals surface area contributed by atoms with Crippen LogP contribution in [-0.2, 0) is 9.84 Å². The second-order valence-corrected chi connectivity index (χ2v) is 6.93. The van der Waals surface area contributed by atoms with E-state index in [9.17, 15) is 18.5 Å². The molecule has 0 spiro atoms. The number of thiophene rings is 1. The van der Waals surface area contributed by atoms with Gasteiger partial charge in [0.2, 0.25) is 0 Å². The first kappa shape index (κ1) is 13.9. The van der Waals surface area contributed by atoms with Gasteiger partial charge in [-0.15, -0.1) is 11.3 Å². The van der Waals surface area contributed by atoms with E-state index in [0.717, 1.165) is 0 Å². The minimum absolute atomic E-state index is 0.0665. The van der Waals surface area contributed by atoms with Crippen molar-refractivity contribution in [3.05, 3.63) is 21.6 Å². The van der Waals surface area contributed by atoms with Gasteiger partial charge in [-0.25, -0.2) is 8.42 Å². The van der Waals surface area contributed by atoms with Gasteiger partial charge < -0.3 is 4.90 Å². The summed E-state index contributed by atoms with van der Waals surface area (Å²) in [6, 6.07) is 1.45. The molecular weight excluding hydrogens is 264 g/mol. The highest BCUT2D eigenvalue weighted by Crippen LogP contribution is 2.33. The summed E-state index contributed by atoms with van der Waals surface area (Å²) in [5, 5.41) is 12.9. The van der Waals surface area contributed by atoms with Gasteiger partial charge >= 0.3 is 5.69 Å².